The molecule has 148 valence electrons. The third kappa shape index (κ3) is 5.31. The summed E-state index contributed by atoms with van der Waals surface area (Å²) in [6, 6.07) is 6.59. The molecule has 27 heavy (non-hydrogen) atoms. The molecule has 0 radical (unpaired) electrons. The fraction of sp³-hybridized carbons (Fsp3) is 0.571. The molecule has 1 saturated heterocycles. The van der Waals surface area contributed by atoms with E-state index in [9.17, 15) is 14.4 Å². The van der Waals surface area contributed by atoms with Crippen molar-refractivity contribution in [3.05, 3.63) is 35.4 Å². The number of hydrogen-bond donors (Lipinski definition) is 1. The topological polar surface area (TPSA) is 75.7 Å². The molecule has 1 aliphatic heterocycles. The molecule has 0 aromatic heterocycles. The monoisotopic (exact) mass is 374 g/mol. The van der Waals surface area contributed by atoms with E-state index in [1.165, 1.54) is 4.90 Å². The summed E-state index contributed by atoms with van der Waals surface area (Å²) >= 11 is 0. The Balaban J connectivity index is 2.16. The summed E-state index contributed by atoms with van der Waals surface area (Å²) in [5.41, 5.74) is 1.64. The summed E-state index contributed by atoms with van der Waals surface area (Å²) in [6.07, 6.45) is 0.353. The van der Waals surface area contributed by atoms with E-state index < -0.39 is 12.0 Å². The molecule has 0 bridgehead atoms. The molecular formula is C21H30N2O4. The lowest BCUT2D eigenvalue weighted by Crippen LogP contribution is -2.57. The fourth-order valence-electron chi connectivity index (χ4n) is 2.95. The number of rotatable bonds is 5. The molecule has 2 amide bonds. The minimum Gasteiger partial charge on any atom is -0.463 e. The minimum absolute atomic E-state index is 0.00511. The van der Waals surface area contributed by atoms with E-state index in [-0.39, 0.29) is 29.8 Å². The van der Waals surface area contributed by atoms with E-state index >= 15 is 0 Å². The summed E-state index contributed by atoms with van der Waals surface area (Å²) in [5.74, 6) is -1.03. The van der Waals surface area contributed by atoms with Crippen LogP contribution in [0.4, 0.5) is 0 Å². The second-order valence-electron chi connectivity index (χ2n) is 8.05. The number of piperazine rings is 1. The van der Waals surface area contributed by atoms with Crippen molar-refractivity contribution in [2.45, 2.75) is 65.0 Å². The molecule has 2 rings (SSSR count). The summed E-state index contributed by atoms with van der Waals surface area (Å²) in [7, 11) is 0. The van der Waals surface area contributed by atoms with Crippen molar-refractivity contribution in [2.75, 3.05) is 13.1 Å². The van der Waals surface area contributed by atoms with Crippen LogP contribution < -0.4 is 5.32 Å². The maximum absolute atomic E-state index is 13.0. The van der Waals surface area contributed by atoms with Gasteiger partial charge in [0.25, 0.3) is 5.91 Å². The van der Waals surface area contributed by atoms with Crippen LogP contribution in [0.25, 0.3) is 0 Å². The maximum atomic E-state index is 13.0. The third-order valence-corrected chi connectivity index (χ3v) is 4.86. The second-order valence-corrected chi connectivity index (χ2v) is 8.05. The van der Waals surface area contributed by atoms with E-state index in [0.29, 0.717) is 25.1 Å². The van der Waals surface area contributed by atoms with Gasteiger partial charge in [0.15, 0.2) is 0 Å². The van der Waals surface area contributed by atoms with Gasteiger partial charge in [-0.15, -0.1) is 0 Å². The molecule has 1 N–H and O–H groups in total. The SMILES string of the molecule is CCC(C)OC(=O)CC1C(=O)NCCN1C(=O)c1ccc(C(C)(C)C)cc1. The summed E-state index contributed by atoms with van der Waals surface area (Å²) in [4.78, 5) is 38.9. The van der Waals surface area contributed by atoms with Gasteiger partial charge in [0.1, 0.15) is 6.04 Å². The number of carbonyl (C=O) groups excluding carboxylic acids is 3. The van der Waals surface area contributed by atoms with E-state index in [0.717, 1.165) is 5.56 Å². The first-order valence-corrected chi connectivity index (χ1v) is 9.52. The van der Waals surface area contributed by atoms with Crippen molar-refractivity contribution >= 4 is 17.8 Å². The number of nitrogens with one attached hydrogen (secondary N) is 1. The molecule has 6 heteroatoms. The molecule has 2 unspecified atom stereocenters. The Hall–Kier alpha value is -2.37. The van der Waals surface area contributed by atoms with Crippen molar-refractivity contribution in [1.29, 1.82) is 0 Å². The Bertz CT molecular complexity index is 691. The van der Waals surface area contributed by atoms with Gasteiger partial charge in [0, 0.05) is 18.7 Å². The number of ether oxygens (including phenoxy) is 1. The number of nitrogens with zero attached hydrogens (tertiary/aromatic N) is 1. The van der Waals surface area contributed by atoms with Crippen molar-refractivity contribution < 1.29 is 19.1 Å². The highest BCUT2D eigenvalue weighted by Gasteiger charge is 2.35. The number of hydrogen-bond acceptors (Lipinski definition) is 4. The van der Waals surface area contributed by atoms with Crippen LogP contribution in [0.5, 0.6) is 0 Å². The zero-order chi connectivity index (χ0) is 20.2. The standard InChI is InChI=1S/C21H30N2O4/c1-6-14(2)27-18(24)13-17-19(25)22-11-12-23(17)20(26)15-7-9-16(10-8-15)21(3,4)5/h7-10,14,17H,6,11-13H2,1-5H3,(H,22,25). The van der Waals surface area contributed by atoms with Gasteiger partial charge >= 0.3 is 5.97 Å². The molecule has 1 aliphatic rings. The normalized spacial score (nSPS) is 18.6. The number of carbonyl (C=O) groups is 3. The van der Waals surface area contributed by atoms with Crippen molar-refractivity contribution in [2.24, 2.45) is 0 Å². The first kappa shape index (κ1) is 20.9. The second kappa shape index (κ2) is 8.55. The molecule has 1 aromatic rings. The zero-order valence-corrected chi connectivity index (χ0v) is 16.9. The van der Waals surface area contributed by atoms with E-state index in [4.69, 9.17) is 4.74 Å². The first-order chi connectivity index (χ1) is 12.6. The van der Waals surface area contributed by atoms with Crippen LogP contribution in [0.15, 0.2) is 24.3 Å². The van der Waals surface area contributed by atoms with Crippen LogP contribution in [0.2, 0.25) is 0 Å². The lowest BCUT2D eigenvalue weighted by molar-refractivity contribution is -0.151. The number of amides is 2. The van der Waals surface area contributed by atoms with Crippen LogP contribution in [-0.4, -0.2) is 47.9 Å². The molecule has 1 heterocycles. The predicted molar refractivity (Wildman–Crippen MR) is 103 cm³/mol. The molecular weight excluding hydrogens is 344 g/mol. The van der Waals surface area contributed by atoms with Gasteiger partial charge in [-0.05, 0) is 36.5 Å². The van der Waals surface area contributed by atoms with Crippen LogP contribution in [-0.2, 0) is 19.7 Å². The van der Waals surface area contributed by atoms with Crippen LogP contribution in [0, 0.1) is 0 Å². The number of esters is 1. The maximum Gasteiger partial charge on any atom is 0.308 e. The lowest BCUT2D eigenvalue weighted by atomic mass is 9.86. The average molecular weight is 374 g/mol. The molecule has 0 saturated carbocycles. The Kier molecular flexibility index (Phi) is 6.63. The van der Waals surface area contributed by atoms with Crippen LogP contribution in [0.1, 0.15) is 63.4 Å². The quantitative estimate of drug-likeness (QED) is 0.804. The number of benzene rings is 1. The molecule has 1 aromatic carbocycles. The highest BCUT2D eigenvalue weighted by Crippen LogP contribution is 2.23. The van der Waals surface area contributed by atoms with E-state index in [1.54, 1.807) is 19.1 Å². The van der Waals surface area contributed by atoms with Gasteiger partial charge in [-0.2, -0.15) is 0 Å². The van der Waals surface area contributed by atoms with E-state index in [1.807, 2.05) is 19.1 Å². The Labute approximate surface area is 161 Å². The van der Waals surface area contributed by atoms with E-state index in [2.05, 4.69) is 26.1 Å². The van der Waals surface area contributed by atoms with Gasteiger partial charge in [-0.1, -0.05) is 39.8 Å². The van der Waals surface area contributed by atoms with Gasteiger partial charge in [0.05, 0.1) is 12.5 Å². The van der Waals surface area contributed by atoms with Crippen LogP contribution in [0.3, 0.4) is 0 Å². The molecule has 2 atom stereocenters. The Morgan fingerprint density at radius 2 is 1.89 bits per heavy atom. The molecule has 0 aliphatic carbocycles. The largest absolute Gasteiger partial charge is 0.463 e. The predicted octanol–water partition coefficient (Wildman–Crippen LogP) is 2.66. The lowest BCUT2D eigenvalue weighted by Gasteiger charge is -2.35. The fourth-order valence-corrected chi connectivity index (χ4v) is 2.95. The average Bonchev–Trinajstić information content (AvgIpc) is 2.62. The van der Waals surface area contributed by atoms with Crippen molar-refractivity contribution in [3.8, 4) is 0 Å². The van der Waals surface area contributed by atoms with Gasteiger partial charge in [0.2, 0.25) is 5.91 Å². The summed E-state index contributed by atoms with van der Waals surface area (Å²) in [6.45, 7) is 10.8. The summed E-state index contributed by atoms with van der Waals surface area (Å²) in [5, 5.41) is 2.73. The van der Waals surface area contributed by atoms with Crippen LogP contribution >= 0.6 is 0 Å². The highest BCUT2D eigenvalue weighted by atomic mass is 16.5. The Morgan fingerprint density at radius 1 is 1.26 bits per heavy atom. The third-order valence-electron chi connectivity index (χ3n) is 4.86. The van der Waals surface area contributed by atoms with Gasteiger partial charge < -0.3 is 15.0 Å². The zero-order valence-electron chi connectivity index (χ0n) is 16.9. The minimum atomic E-state index is -0.843. The van der Waals surface area contributed by atoms with Crippen molar-refractivity contribution in [1.82, 2.24) is 10.2 Å². The van der Waals surface area contributed by atoms with Gasteiger partial charge in [-0.3, -0.25) is 14.4 Å². The van der Waals surface area contributed by atoms with Gasteiger partial charge in [-0.25, -0.2) is 0 Å². The summed E-state index contributed by atoms with van der Waals surface area (Å²) < 4.78 is 5.28. The first-order valence-electron chi connectivity index (χ1n) is 9.52. The molecule has 0 spiro atoms. The molecule has 1 fully saturated rings. The van der Waals surface area contributed by atoms with Crippen molar-refractivity contribution in [3.63, 3.8) is 0 Å². The highest BCUT2D eigenvalue weighted by molar-refractivity contribution is 5.99. The molecule has 6 nitrogen and oxygen atoms in total. The smallest absolute Gasteiger partial charge is 0.308 e. The Morgan fingerprint density at radius 3 is 2.44 bits per heavy atom.